The molecule has 2 heterocycles. The molecule has 25 heavy (non-hydrogen) atoms. The molecule has 0 aliphatic heterocycles. The molecule has 0 aliphatic rings. The standard InChI is InChI=1S/C16H20N8S/c1-3-10-7-5-6-8-11(10)18-15-20-13(19-14(17)22-15)9-25-16-21-12(4-2)23-24-16/h5-8H,3-4,9H2,1-2H3,(H,21,23,24)(H3,17,18,19,20,22). The molecule has 0 fully saturated rings. The van der Waals surface area contributed by atoms with Crippen LogP contribution >= 0.6 is 11.8 Å². The molecule has 8 nitrogen and oxygen atoms in total. The normalized spacial score (nSPS) is 10.8. The summed E-state index contributed by atoms with van der Waals surface area (Å²) < 4.78 is 0. The lowest BCUT2D eigenvalue weighted by molar-refractivity contribution is 0.939. The molecule has 0 bridgehead atoms. The predicted molar refractivity (Wildman–Crippen MR) is 98.7 cm³/mol. The van der Waals surface area contributed by atoms with E-state index in [0.29, 0.717) is 22.7 Å². The zero-order chi connectivity index (χ0) is 17.6. The van der Waals surface area contributed by atoms with E-state index in [9.17, 15) is 0 Å². The number of nitrogens with two attached hydrogens (primary N) is 1. The van der Waals surface area contributed by atoms with Gasteiger partial charge in [-0.25, -0.2) is 4.98 Å². The summed E-state index contributed by atoms with van der Waals surface area (Å²) in [6, 6.07) is 8.04. The second kappa shape index (κ2) is 7.93. The highest BCUT2D eigenvalue weighted by molar-refractivity contribution is 7.98. The number of anilines is 3. The molecule has 0 saturated carbocycles. The van der Waals surface area contributed by atoms with E-state index >= 15 is 0 Å². The van der Waals surface area contributed by atoms with Crippen LogP contribution in [0.3, 0.4) is 0 Å². The van der Waals surface area contributed by atoms with E-state index in [4.69, 9.17) is 5.73 Å². The SMILES string of the molecule is CCc1nc(SCc2nc(N)nc(Nc3ccccc3CC)n2)n[nH]1. The Morgan fingerprint density at radius 2 is 1.92 bits per heavy atom. The Balaban J connectivity index is 1.73. The monoisotopic (exact) mass is 356 g/mol. The summed E-state index contributed by atoms with van der Waals surface area (Å²) in [5, 5.41) is 10.9. The van der Waals surface area contributed by atoms with E-state index < -0.39 is 0 Å². The van der Waals surface area contributed by atoms with Crippen LogP contribution in [0.25, 0.3) is 0 Å². The predicted octanol–water partition coefficient (Wildman–Crippen LogP) is 2.73. The van der Waals surface area contributed by atoms with Crippen molar-refractivity contribution in [1.29, 1.82) is 0 Å². The fourth-order valence-electron chi connectivity index (χ4n) is 2.26. The number of nitrogens with zero attached hydrogens (tertiary/aromatic N) is 5. The van der Waals surface area contributed by atoms with Gasteiger partial charge in [0.2, 0.25) is 17.1 Å². The van der Waals surface area contributed by atoms with Crippen molar-refractivity contribution in [2.24, 2.45) is 0 Å². The number of hydrogen-bond donors (Lipinski definition) is 3. The molecule has 0 unspecified atom stereocenters. The van der Waals surface area contributed by atoms with E-state index in [0.717, 1.165) is 24.4 Å². The summed E-state index contributed by atoms with van der Waals surface area (Å²) in [5.41, 5.74) is 7.98. The van der Waals surface area contributed by atoms with Crippen LogP contribution in [0.1, 0.15) is 31.1 Å². The van der Waals surface area contributed by atoms with Gasteiger partial charge in [0.15, 0.2) is 0 Å². The maximum absolute atomic E-state index is 5.83. The van der Waals surface area contributed by atoms with Gasteiger partial charge in [-0.2, -0.15) is 15.0 Å². The first-order valence-corrected chi connectivity index (χ1v) is 9.06. The van der Waals surface area contributed by atoms with E-state index in [1.54, 1.807) is 0 Å². The number of aryl methyl sites for hydroxylation is 2. The molecular weight excluding hydrogens is 336 g/mol. The van der Waals surface area contributed by atoms with Crippen LogP contribution in [0.15, 0.2) is 29.4 Å². The zero-order valence-electron chi connectivity index (χ0n) is 14.2. The molecule has 0 aliphatic carbocycles. The molecule has 1 aromatic carbocycles. The zero-order valence-corrected chi connectivity index (χ0v) is 15.0. The molecule has 0 amide bonds. The van der Waals surface area contributed by atoms with Gasteiger partial charge in [0, 0.05) is 12.1 Å². The van der Waals surface area contributed by atoms with Crippen molar-refractivity contribution in [1.82, 2.24) is 30.1 Å². The molecule has 4 N–H and O–H groups in total. The number of aromatic nitrogens is 6. The van der Waals surface area contributed by atoms with Crippen molar-refractivity contribution >= 4 is 29.3 Å². The molecule has 2 aromatic heterocycles. The third-order valence-electron chi connectivity index (χ3n) is 3.52. The Morgan fingerprint density at radius 1 is 1.08 bits per heavy atom. The lowest BCUT2D eigenvalue weighted by Crippen LogP contribution is -2.07. The molecule has 0 radical (unpaired) electrons. The van der Waals surface area contributed by atoms with Crippen molar-refractivity contribution in [3.8, 4) is 0 Å². The summed E-state index contributed by atoms with van der Waals surface area (Å²) in [7, 11) is 0. The first kappa shape index (κ1) is 17.2. The number of aromatic amines is 1. The van der Waals surface area contributed by atoms with Crippen molar-refractivity contribution < 1.29 is 0 Å². The fourth-order valence-corrected chi connectivity index (χ4v) is 2.93. The van der Waals surface area contributed by atoms with Crippen LogP contribution < -0.4 is 11.1 Å². The Morgan fingerprint density at radius 3 is 2.68 bits per heavy atom. The van der Waals surface area contributed by atoms with Crippen LogP contribution in [-0.4, -0.2) is 30.1 Å². The summed E-state index contributed by atoms with van der Waals surface area (Å²) >= 11 is 1.45. The molecule has 9 heteroatoms. The lowest BCUT2D eigenvalue weighted by atomic mass is 10.1. The number of hydrogen-bond acceptors (Lipinski definition) is 8. The van der Waals surface area contributed by atoms with Gasteiger partial charge in [0.05, 0.1) is 5.75 Å². The van der Waals surface area contributed by atoms with Gasteiger partial charge >= 0.3 is 0 Å². The lowest BCUT2D eigenvalue weighted by Gasteiger charge is -2.10. The average molecular weight is 356 g/mol. The second-order valence-electron chi connectivity index (χ2n) is 5.28. The highest BCUT2D eigenvalue weighted by Crippen LogP contribution is 2.21. The van der Waals surface area contributed by atoms with Crippen LogP contribution in [0.5, 0.6) is 0 Å². The van der Waals surface area contributed by atoms with Crippen molar-refractivity contribution in [3.63, 3.8) is 0 Å². The topological polar surface area (TPSA) is 118 Å². The number of benzene rings is 1. The largest absolute Gasteiger partial charge is 0.368 e. The first-order valence-electron chi connectivity index (χ1n) is 8.07. The van der Waals surface area contributed by atoms with Crippen molar-refractivity contribution in [2.45, 2.75) is 37.6 Å². The van der Waals surface area contributed by atoms with E-state index in [1.165, 1.54) is 17.3 Å². The van der Waals surface area contributed by atoms with E-state index in [-0.39, 0.29) is 5.95 Å². The number of nitrogen functional groups attached to an aromatic ring is 1. The quantitative estimate of drug-likeness (QED) is 0.553. The van der Waals surface area contributed by atoms with E-state index in [1.807, 2.05) is 25.1 Å². The smallest absolute Gasteiger partial charge is 0.232 e. The highest BCUT2D eigenvalue weighted by atomic mass is 32.2. The van der Waals surface area contributed by atoms with Gasteiger partial charge in [-0.3, -0.25) is 5.10 Å². The molecule has 0 atom stereocenters. The summed E-state index contributed by atoms with van der Waals surface area (Å²) in [4.78, 5) is 17.2. The van der Waals surface area contributed by atoms with Crippen molar-refractivity contribution in [2.75, 3.05) is 11.1 Å². The molecule has 3 rings (SSSR count). The molecular formula is C16H20N8S. The Kier molecular flexibility index (Phi) is 5.44. The van der Waals surface area contributed by atoms with Gasteiger partial charge < -0.3 is 11.1 Å². The number of rotatable bonds is 7. The van der Waals surface area contributed by atoms with Gasteiger partial charge in [0.25, 0.3) is 0 Å². The third-order valence-corrected chi connectivity index (χ3v) is 4.36. The van der Waals surface area contributed by atoms with Crippen LogP contribution in [-0.2, 0) is 18.6 Å². The number of H-pyrrole nitrogens is 1. The molecule has 130 valence electrons. The Hall–Kier alpha value is -2.68. The first-order chi connectivity index (χ1) is 12.2. The average Bonchev–Trinajstić information content (AvgIpc) is 3.08. The number of para-hydroxylation sites is 1. The van der Waals surface area contributed by atoms with Crippen LogP contribution in [0.4, 0.5) is 17.6 Å². The maximum atomic E-state index is 5.83. The number of nitrogens with one attached hydrogen (secondary N) is 2. The second-order valence-corrected chi connectivity index (χ2v) is 6.22. The Bertz CT molecular complexity index is 848. The van der Waals surface area contributed by atoms with Gasteiger partial charge in [-0.15, -0.1) is 5.10 Å². The highest BCUT2D eigenvalue weighted by Gasteiger charge is 2.09. The summed E-state index contributed by atoms with van der Waals surface area (Å²) in [6.07, 6.45) is 1.73. The Labute approximate surface area is 150 Å². The van der Waals surface area contributed by atoms with Gasteiger partial charge in [-0.1, -0.05) is 43.8 Å². The van der Waals surface area contributed by atoms with Crippen molar-refractivity contribution in [3.05, 3.63) is 41.5 Å². The molecule has 0 spiro atoms. The summed E-state index contributed by atoms with van der Waals surface area (Å²) in [5.74, 6) is 2.57. The molecule has 3 aromatic rings. The minimum Gasteiger partial charge on any atom is -0.368 e. The molecule has 0 saturated heterocycles. The maximum Gasteiger partial charge on any atom is 0.232 e. The minimum absolute atomic E-state index is 0.186. The minimum atomic E-state index is 0.186. The van der Waals surface area contributed by atoms with E-state index in [2.05, 4.69) is 48.4 Å². The van der Waals surface area contributed by atoms with Gasteiger partial charge in [0.1, 0.15) is 11.6 Å². The fraction of sp³-hybridized carbons (Fsp3) is 0.312. The number of thioether (sulfide) groups is 1. The third kappa shape index (κ3) is 4.44. The van der Waals surface area contributed by atoms with Crippen LogP contribution in [0.2, 0.25) is 0 Å². The van der Waals surface area contributed by atoms with Crippen LogP contribution in [0, 0.1) is 0 Å². The van der Waals surface area contributed by atoms with Gasteiger partial charge in [-0.05, 0) is 18.1 Å². The summed E-state index contributed by atoms with van der Waals surface area (Å²) in [6.45, 7) is 4.12.